The smallest absolute Gasteiger partial charge is 0.410 e. The molecule has 0 N–H and O–H groups in total. The van der Waals surface area contributed by atoms with Crippen molar-refractivity contribution in [2.45, 2.75) is 50.4 Å². The van der Waals surface area contributed by atoms with Crippen molar-refractivity contribution in [3.63, 3.8) is 0 Å². The van der Waals surface area contributed by atoms with E-state index in [-0.39, 0.29) is 24.2 Å². The van der Waals surface area contributed by atoms with Gasteiger partial charge in [0.15, 0.2) is 5.65 Å². The molecular weight excluding hydrogens is 474 g/mol. The lowest BCUT2D eigenvalue weighted by Gasteiger charge is -2.35. The monoisotopic (exact) mass is 503 g/mol. The van der Waals surface area contributed by atoms with Crippen LogP contribution in [0.25, 0.3) is 16.8 Å². The summed E-state index contributed by atoms with van der Waals surface area (Å²) in [7, 11) is 0. The second-order valence-corrected chi connectivity index (χ2v) is 10.2. The quantitative estimate of drug-likeness (QED) is 0.505. The number of fused-ring (bicyclic) bond motifs is 1. The number of likely N-dealkylation sites (tertiary alicyclic amines) is 1. The van der Waals surface area contributed by atoms with Crippen LogP contribution >= 0.6 is 0 Å². The van der Waals surface area contributed by atoms with E-state index in [1.165, 1.54) is 0 Å². The van der Waals surface area contributed by atoms with E-state index < -0.39 is 0 Å². The van der Waals surface area contributed by atoms with Crippen LogP contribution in [-0.4, -0.2) is 92.4 Å². The van der Waals surface area contributed by atoms with Gasteiger partial charge in [-0.25, -0.2) is 19.3 Å². The number of ether oxygens (including phenoxy) is 2. The minimum Gasteiger partial charge on any atom is -0.474 e. The third-order valence-corrected chi connectivity index (χ3v) is 7.46. The molecule has 3 aromatic rings. The van der Waals surface area contributed by atoms with Crippen molar-refractivity contribution in [2.75, 3.05) is 37.6 Å². The Labute approximate surface area is 214 Å². The van der Waals surface area contributed by atoms with E-state index in [4.69, 9.17) is 14.5 Å². The van der Waals surface area contributed by atoms with Crippen LogP contribution in [0.1, 0.15) is 32.1 Å². The van der Waals surface area contributed by atoms with E-state index in [2.05, 4.69) is 15.0 Å². The van der Waals surface area contributed by atoms with E-state index in [9.17, 15) is 9.59 Å². The van der Waals surface area contributed by atoms with Crippen molar-refractivity contribution < 1.29 is 19.1 Å². The summed E-state index contributed by atoms with van der Waals surface area (Å²) in [5.41, 5.74) is 2.49. The van der Waals surface area contributed by atoms with Gasteiger partial charge >= 0.3 is 6.09 Å². The van der Waals surface area contributed by atoms with E-state index in [1.54, 1.807) is 21.8 Å². The maximum absolute atomic E-state index is 12.8. The molecule has 11 nitrogen and oxygen atoms in total. The van der Waals surface area contributed by atoms with Gasteiger partial charge in [-0.15, -0.1) is 0 Å². The Bertz CT molecular complexity index is 1340. The molecule has 5 heterocycles. The maximum atomic E-state index is 12.8. The second-order valence-electron chi connectivity index (χ2n) is 10.2. The molecule has 2 aliphatic heterocycles. The Morgan fingerprint density at radius 2 is 1.84 bits per heavy atom. The van der Waals surface area contributed by atoms with Crippen LogP contribution < -0.4 is 9.64 Å². The number of carbonyl (C=O) groups is 2. The zero-order chi connectivity index (χ0) is 24.9. The minimum atomic E-state index is -0.343. The molecule has 0 radical (unpaired) electrons. The summed E-state index contributed by atoms with van der Waals surface area (Å²) in [4.78, 5) is 40.1. The third-order valence-electron chi connectivity index (χ3n) is 7.46. The molecule has 4 aliphatic rings. The van der Waals surface area contributed by atoms with Gasteiger partial charge in [0.2, 0.25) is 11.8 Å². The minimum absolute atomic E-state index is 0.100. The molecule has 0 spiro atoms. The van der Waals surface area contributed by atoms with E-state index >= 15 is 0 Å². The van der Waals surface area contributed by atoms with Gasteiger partial charge in [-0.05, 0) is 43.9 Å². The van der Waals surface area contributed by atoms with Gasteiger partial charge in [-0.1, -0.05) is 0 Å². The summed E-state index contributed by atoms with van der Waals surface area (Å²) in [6.07, 6.45) is 9.55. The third kappa shape index (κ3) is 4.42. The zero-order valence-electron chi connectivity index (χ0n) is 20.5. The molecule has 0 bridgehead atoms. The molecule has 2 aliphatic carbocycles. The first-order chi connectivity index (χ1) is 18.1. The molecule has 1 atom stereocenters. The van der Waals surface area contributed by atoms with E-state index in [0.29, 0.717) is 51.1 Å². The Balaban J connectivity index is 1.02. The largest absolute Gasteiger partial charge is 0.474 e. The molecule has 11 heteroatoms. The maximum Gasteiger partial charge on any atom is 0.410 e. The van der Waals surface area contributed by atoms with Crippen LogP contribution in [0.2, 0.25) is 0 Å². The number of nitrogens with zero attached hydrogens (tertiary/aromatic N) is 7. The van der Waals surface area contributed by atoms with Gasteiger partial charge < -0.3 is 24.2 Å². The molecule has 4 fully saturated rings. The van der Waals surface area contributed by atoms with Crippen molar-refractivity contribution in [2.24, 2.45) is 0 Å². The topological polar surface area (TPSA) is 105 Å². The van der Waals surface area contributed by atoms with Gasteiger partial charge in [-0.2, -0.15) is 5.10 Å². The summed E-state index contributed by atoms with van der Waals surface area (Å²) in [5.74, 6) is 1.55. The number of aromatic nitrogens is 4. The highest BCUT2D eigenvalue weighted by Gasteiger charge is 2.41. The second kappa shape index (κ2) is 8.89. The first-order valence-electron chi connectivity index (χ1n) is 13.1. The lowest BCUT2D eigenvalue weighted by molar-refractivity contribution is -0.128. The first kappa shape index (κ1) is 22.3. The van der Waals surface area contributed by atoms with Gasteiger partial charge in [-0.3, -0.25) is 4.79 Å². The number of piperazine rings is 1. The zero-order valence-corrected chi connectivity index (χ0v) is 20.5. The molecular formula is C26H29N7O4. The number of anilines is 1. The summed E-state index contributed by atoms with van der Waals surface area (Å²) < 4.78 is 13.5. The lowest BCUT2D eigenvalue weighted by Crippen LogP contribution is -2.49. The van der Waals surface area contributed by atoms with Crippen LogP contribution in [0.5, 0.6) is 5.88 Å². The Hall–Kier alpha value is -3.89. The Kier molecular flexibility index (Phi) is 5.37. The van der Waals surface area contributed by atoms with Crippen LogP contribution in [0.4, 0.5) is 10.6 Å². The van der Waals surface area contributed by atoms with Gasteiger partial charge in [0.25, 0.3) is 0 Å². The van der Waals surface area contributed by atoms with Crippen LogP contribution in [0.15, 0.2) is 36.8 Å². The molecule has 2 saturated heterocycles. The van der Waals surface area contributed by atoms with Crippen molar-refractivity contribution >= 4 is 23.5 Å². The number of rotatable bonds is 6. The SMILES string of the molecule is O=C(O[C@@H]1CC(=O)N(C2CC2)C1)N1CCN(c2ccn3ncc(-c4cccnc4OC4CC4)c3n2)CC1. The normalized spacial score (nSPS) is 22.1. The fraction of sp³-hybridized carbons (Fsp3) is 0.500. The van der Waals surface area contributed by atoms with Crippen LogP contribution in [-0.2, 0) is 9.53 Å². The average Bonchev–Trinajstić information content (AvgIpc) is 3.85. The predicted molar refractivity (Wildman–Crippen MR) is 133 cm³/mol. The van der Waals surface area contributed by atoms with Crippen molar-refractivity contribution in [1.82, 2.24) is 29.4 Å². The number of pyridine rings is 1. The fourth-order valence-electron chi connectivity index (χ4n) is 5.11. The average molecular weight is 504 g/mol. The fourth-order valence-corrected chi connectivity index (χ4v) is 5.11. The van der Waals surface area contributed by atoms with E-state index in [0.717, 1.165) is 48.3 Å². The summed E-state index contributed by atoms with van der Waals surface area (Å²) in [6.45, 7) is 2.88. The number of carbonyl (C=O) groups excluding carboxylic acids is 2. The predicted octanol–water partition coefficient (Wildman–Crippen LogP) is 2.35. The van der Waals surface area contributed by atoms with Gasteiger partial charge in [0.1, 0.15) is 18.0 Å². The van der Waals surface area contributed by atoms with Crippen molar-refractivity contribution in [1.29, 1.82) is 0 Å². The van der Waals surface area contributed by atoms with Crippen molar-refractivity contribution in [3.05, 3.63) is 36.8 Å². The lowest BCUT2D eigenvalue weighted by atomic mass is 10.1. The number of hydrogen-bond acceptors (Lipinski definition) is 8. The molecule has 2 saturated carbocycles. The standard InChI is InChI=1S/C26H29N7O4/c34-23-14-19(16-32(23)17-3-4-17)37-26(35)31-12-10-30(11-13-31)22-7-9-33-24(29-22)21(15-28-33)20-2-1-8-27-25(20)36-18-5-6-18/h1-2,7-9,15,17-19H,3-6,10-14,16H2/t19-/m1/s1. The highest BCUT2D eigenvalue weighted by Crippen LogP contribution is 2.35. The first-order valence-corrected chi connectivity index (χ1v) is 13.1. The summed E-state index contributed by atoms with van der Waals surface area (Å²) >= 11 is 0. The molecule has 0 aromatic carbocycles. The van der Waals surface area contributed by atoms with Crippen LogP contribution in [0.3, 0.4) is 0 Å². The molecule has 192 valence electrons. The Morgan fingerprint density at radius 1 is 1.00 bits per heavy atom. The number of amides is 2. The molecule has 0 unspecified atom stereocenters. The Morgan fingerprint density at radius 3 is 2.62 bits per heavy atom. The summed E-state index contributed by atoms with van der Waals surface area (Å²) in [5, 5.41) is 4.48. The van der Waals surface area contributed by atoms with E-state index in [1.807, 2.05) is 29.3 Å². The van der Waals surface area contributed by atoms with Gasteiger partial charge in [0, 0.05) is 50.2 Å². The van der Waals surface area contributed by atoms with Gasteiger partial charge in [0.05, 0.1) is 24.7 Å². The van der Waals surface area contributed by atoms with Crippen LogP contribution in [0, 0.1) is 0 Å². The molecule has 7 rings (SSSR count). The summed E-state index contributed by atoms with van der Waals surface area (Å²) in [6, 6.07) is 6.18. The van der Waals surface area contributed by atoms with Crippen molar-refractivity contribution in [3.8, 4) is 17.0 Å². The highest BCUT2D eigenvalue weighted by atomic mass is 16.6. The number of hydrogen-bond donors (Lipinski definition) is 0. The molecule has 2 amide bonds. The molecule has 37 heavy (non-hydrogen) atoms. The highest BCUT2D eigenvalue weighted by molar-refractivity contribution is 5.81. The molecule has 3 aromatic heterocycles.